The Bertz CT molecular complexity index is 2320. The minimum atomic E-state index is 0.0647. The zero-order valence-corrected chi connectivity index (χ0v) is 23.5. The van der Waals surface area contributed by atoms with Crippen LogP contribution in [0.3, 0.4) is 0 Å². The van der Waals surface area contributed by atoms with E-state index in [9.17, 15) is 0 Å². The topological polar surface area (TPSA) is 31.6 Å². The van der Waals surface area contributed by atoms with Gasteiger partial charge in [0.2, 0.25) is 0 Å². The minimum Gasteiger partial charge on any atom is -0.361 e. The van der Waals surface area contributed by atoms with E-state index >= 15 is 0 Å². The smallest absolute Gasteiger partial charge is 0.0554 e. The highest BCUT2D eigenvalue weighted by Crippen LogP contribution is 2.55. The summed E-state index contributed by atoms with van der Waals surface area (Å²) in [4.78, 5) is 7.49. The van der Waals surface area contributed by atoms with Gasteiger partial charge in [0.25, 0.3) is 0 Å². The van der Waals surface area contributed by atoms with Crippen molar-refractivity contribution < 1.29 is 0 Å². The first kappa shape index (κ1) is 24.0. The minimum absolute atomic E-state index is 0.0647. The number of fused-ring (bicyclic) bond motifs is 5. The first-order valence-electron chi connectivity index (χ1n) is 14.9. The van der Waals surface area contributed by atoms with E-state index in [1.54, 1.807) is 0 Å². The molecule has 0 radical (unpaired) electrons. The normalized spacial score (nSPS) is 14.4. The maximum absolute atomic E-state index is 3.91. The summed E-state index contributed by atoms with van der Waals surface area (Å²) in [6.07, 6.45) is 4.73. The molecule has 43 heavy (non-hydrogen) atoms. The van der Waals surface area contributed by atoms with Crippen molar-refractivity contribution in [3.8, 4) is 22.3 Å². The summed E-state index contributed by atoms with van der Waals surface area (Å²) < 4.78 is 0. The van der Waals surface area contributed by atoms with Crippen LogP contribution in [0.25, 0.3) is 60.5 Å². The van der Waals surface area contributed by atoms with Gasteiger partial charge in [-0.1, -0.05) is 133 Å². The highest BCUT2D eigenvalue weighted by molar-refractivity contribution is 6.22. The summed E-state index contributed by atoms with van der Waals surface area (Å²) >= 11 is 0. The molecule has 0 fully saturated rings. The number of para-hydroxylation sites is 2. The van der Waals surface area contributed by atoms with Crippen LogP contribution in [0.1, 0.15) is 28.2 Å². The molecule has 202 valence electrons. The van der Waals surface area contributed by atoms with Crippen molar-refractivity contribution in [1.29, 1.82) is 0 Å². The van der Waals surface area contributed by atoms with E-state index in [0.717, 1.165) is 11.0 Å². The Balaban J connectivity index is 1.52. The number of aromatic nitrogens is 2. The lowest BCUT2D eigenvalue weighted by atomic mass is 9.80. The van der Waals surface area contributed by atoms with Gasteiger partial charge in [-0.05, 0) is 56.6 Å². The van der Waals surface area contributed by atoms with Crippen LogP contribution < -0.4 is 0 Å². The number of hydrogen-bond donors (Lipinski definition) is 2. The number of rotatable bonds is 4. The molecule has 2 heteroatoms. The molecule has 1 atom stereocenters. The molecule has 2 N–H and O–H groups in total. The third-order valence-corrected chi connectivity index (χ3v) is 9.07. The lowest BCUT2D eigenvalue weighted by molar-refractivity contribution is 1.07. The summed E-state index contributed by atoms with van der Waals surface area (Å²) in [5.74, 6) is 0.0647. The summed E-state index contributed by atoms with van der Waals surface area (Å²) in [6, 6.07) is 50.2. The lowest BCUT2D eigenvalue weighted by Gasteiger charge is -2.22. The second-order valence-corrected chi connectivity index (χ2v) is 11.4. The quantitative estimate of drug-likeness (QED) is 0.219. The SMILES string of the molecule is C1=C(c2ccccc2)c2c(c(-c3ccccc3)c3[nH]c4ccccc4c3c2-c2ccccc2)[C@H]1c1c[nH]c2ccccc12. The molecule has 0 saturated heterocycles. The molecule has 2 aromatic heterocycles. The van der Waals surface area contributed by atoms with Crippen LogP contribution in [0.15, 0.2) is 152 Å². The number of hydrogen-bond acceptors (Lipinski definition) is 0. The van der Waals surface area contributed by atoms with Crippen molar-refractivity contribution in [3.05, 3.63) is 174 Å². The van der Waals surface area contributed by atoms with E-state index < -0.39 is 0 Å². The first-order chi connectivity index (χ1) is 21.4. The number of allylic oxidation sites excluding steroid dienone is 1. The van der Waals surface area contributed by atoms with E-state index in [1.807, 2.05) is 0 Å². The van der Waals surface area contributed by atoms with Gasteiger partial charge < -0.3 is 9.97 Å². The Morgan fingerprint density at radius 1 is 0.465 bits per heavy atom. The second-order valence-electron chi connectivity index (χ2n) is 11.4. The second kappa shape index (κ2) is 9.47. The highest BCUT2D eigenvalue weighted by Gasteiger charge is 2.35. The Hall–Kier alpha value is -5.60. The van der Waals surface area contributed by atoms with Crippen LogP contribution in [0.2, 0.25) is 0 Å². The summed E-state index contributed by atoms with van der Waals surface area (Å²) in [6.45, 7) is 0. The van der Waals surface area contributed by atoms with Crippen molar-refractivity contribution in [3.63, 3.8) is 0 Å². The Morgan fingerprint density at radius 2 is 1.02 bits per heavy atom. The van der Waals surface area contributed by atoms with E-state index in [2.05, 4.69) is 162 Å². The van der Waals surface area contributed by atoms with Gasteiger partial charge in [0, 0.05) is 44.9 Å². The number of H-pyrrole nitrogens is 2. The van der Waals surface area contributed by atoms with Crippen LogP contribution in [0.5, 0.6) is 0 Å². The van der Waals surface area contributed by atoms with Crippen LogP contribution in [-0.2, 0) is 0 Å². The predicted molar refractivity (Wildman–Crippen MR) is 180 cm³/mol. The first-order valence-corrected chi connectivity index (χ1v) is 14.9. The van der Waals surface area contributed by atoms with Gasteiger partial charge >= 0.3 is 0 Å². The molecule has 2 heterocycles. The van der Waals surface area contributed by atoms with Gasteiger partial charge in [0.05, 0.1) is 5.52 Å². The van der Waals surface area contributed by atoms with Crippen LogP contribution in [-0.4, -0.2) is 9.97 Å². The van der Waals surface area contributed by atoms with Crippen LogP contribution >= 0.6 is 0 Å². The highest BCUT2D eigenvalue weighted by atomic mass is 14.7. The fourth-order valence-corrected chi connectivity index (χ4v) is 7.29. The molecule has 1 aliphatic rings. The molecular weight excluding hydrogens is 520 g/mol. The summed E-state index contributed by atoms with van der Waals surface area (Å²) in [7, 11) is 0. The van der Waals surface area contributed by atoms with Crippen molar-refractivity contribution in [2.24, 2.45) is 0 Å². The molecule has 0 saturated carbocycles. The molecule has 9 rings (SSSR count). The van der Waals surface area contributed by atoms with E-state index in [0.29, 0.717) is 0 Å². The Morgan fingerprint density at radius 3 is 1.72 bits per heavy atom. The fourth-order valence-electron chi connectivity index (χ4n) is 7.29. The van der Waals surface area contributed by atoms with E-state index in [4.69, 9.17) is 0 Å². The molecule has 0 bridgehead atoms. The van der Waals surface area contributed by atoms with Crippen molar-refractivity contribution in [1.82, 2.24) is 9.97 Å². The molecule has 0 aliphatic heterocycles. The molecule has 6 aromatic carbocycles. The van der Waals surface area contributed by atoms with Gasteiger partial charge in [-0.25, -0.2) is 0 Å². The van der Waals surface area contributed by atoms with Crippen molar-refractivity contribution >= 4 is 38.3 Å². The van der Waals surface area contributed by atoms with E-state index in [1.165, 1.54) is 71.8 Å². The maximum Gasteiger partial charge on any atom is 0.0554 e. The van der Waals surface area contributed by atoms with Gasteiger partial charge in [-0.2, -0.15) is 0 Å². The molecule has 0 unspecified atom stereocenters. The number of benzene rings is 6. The Labute approximate surface area is 250 Å². The molecule has 1 aliphatic carbocycles. The van der Waals surface area contributed by atoms with Gasteiger partial charge in [0.1, 0.15) is 0 Å². The van der Waals surface area contributed by atoms with Crippen LogP contribution in [0, 0.1) is 0 Å². The summed E-state index contributed by atoms with van der Waals surface area (Å²) in [5, 5.41) is 3.79. The molecular formula is C41H28N2. The van der Waals surface area contributed by atoms with E-state index in [-0.39, 0.29) is 5.92 Å². The zero-order chi connectivity index (χ0) is 28.3. The number of nitrogens with one attached hydrogen (secondary N) is 2. The third kappa shape index (κ3) is 3.60. The molecule has 8 aromatic rings. The average molecular weight is 549 g/mol. The molecule has 0 spiro atoms. The number of aromatic amines is 2. The van der Waals surface area contributed by atoms with Gasteiger partial charge in [0.15, 0.2) is 0 Å². The van der Waals surface area contributed by atoms with Crippen molar-refractivity contribution in [2.75, 3.05) is 0 Å². The third-order valence-electron chi connectivity index (χ3n) is 9.07. The standard InChI is InChI=1S/C41H28N2/c1-4-14-26(15-5-1)31-24-32(33-25-42-34-22-12-10-20-29(33)34)39-37(28-18-8-3-9-19-28)41-40(30-21-11-13-23-35(30)43-41)36(38(31)39)27-16-6-2-7-17-27/h1-25,32,42-43H/t32-/m1/s1. The summed E-state index contributed by atoms with van der Waals surface area (Å²) in [5.41, 5.74) is 15.0. The van der Waals surface area contributed by atoms with Gasteiger partial charge in [-0.15, -0.1) is 0 Å². The monoisotopic (exact) mass is 548 g/mol. The van der Waals surface area contributed by atoms with Crippen LogP contribution in [0.4, 0.5) is 0 Å². The van der Waals surface area contributed by atoms with Crippen molar-refractivity contribution in [2.45, 2.75) is 5.92 Å². The zero-order valence-electron chi connectivity index (χ0n) is 23.5. The maximum atomic E-state index is 3.91. The average Bonchev–Trinajstić information content (AvgIpc) is 3.79. The van der Waals surface area contributed by atoms with Gasteiger partial charge in [-0.3, -0.25) is 0 Å². The molecule has 2 nitrogen and oxygen atoms in total. The Kier molecular flexibility index (Phi) is 5.30. The largest absolute Gasteiger partial charge is 0.361 e. The fraction of sp³-hybridized carbons (Fsp3) is 0.0244. The predicted octanol–water partition coefficient (Wildman–Crippen LogP) is 10.7. The molecule has 0 amide bonds. The lowest BCUT2D eigenvalue weighted by Crippen LogP contribution is -2.02.